The lowest BCUT2D eigenvalue weighted by atomic mass is 9.90. The Labute approximate surface area is 206 Å². The van der Waals surface area contributed by atoms with Crippen molar-refractivity contribution >= 4 is 5.97 Å². The SMILES string of the molecule is C=CCCC[C@@H]1O[C@H](COCc2ccccc2)[C@@H](OC(C)=O)[C@H](OCc2ccccc2)[C@H]1N=[N+]=[N-]. The lowest BCUT2D eigenvalue weighted by Crippen LogP contribution is -2.60. The number of carbonyl (C=O) groups is 1. The van der Waals surface area contributed by atoms with Gasteiger partial charge in [-0.25, -0.2) is 0 Å². The highest BCUT2D eigenvalue weighted by Gasteiger charge is 2.48. The normalized spacial score (nSPS) is 23.7. The van der Waals surface area contributed by atoms with Crippen LogP contribution in [0.2, 0.25) is 0 Å². The summed E-state index contributed by atoms with van der Waals surface area (Å²) in [5.41, 5.74) is 11.3. The maximum Gasteiger partial charge on any atom is 0.303 e. The summed E-state index contributed by atoms with van der Waals surface area (Å²) in [5.74, 6) is -0.468. The Bertz CT molecular complexity index is 965. The molecule has 1 aliphatic rings. The molecule has 8 heteroatoms. The second-order valence-electron chi connectivity index (χ2n) is 8.46. The number of benzene rings is 2. The number of nitrogens with zero attached hydrogens (tertiary/aromatic N) is 3. The van der Waals surface area contributed by atoms with Gasteiger partial charge < -0.3 is 18.9 Å². The summed E-state index contributed by atoms with van der Waals surface area (Å²) >= 11 is 0. The van der Waals surface area contributed by atoms with E-state index in [0.717, 1.165) is 24.0 Å². The number of allylic oxidation sites excluding steroid dienone is 1. The van der Waals surface area contributed by atoms with Crippen LogP contribution in [0.1, 0.15) is 37.3 Å². The van der Waals surface area contributed by atoms with E-state index in [-0.39, 0.29) is 13.2 Å². The Morgan fingerprint density at radius 3 is 2.31 bits per heavy atom. The van der Waals surface area contributed by atoms with E-state index >= 15 is 0 Å². The first-order valence-electron chi connectivity index (χ1n) is 11.9. The van der Waals surface area contributed by atoms with Gasteiger partial charge in [0.15, 0.2) is 6.10 Å². The summed E-state index contributed by atoms with van der Waals surface area (Å²) in [7, 11) is 0. The van der Waals surface area contributed by atoms with E-state index in [4.69, 9.17) is 18.9 Å². The van der Waals surface area contributed by atoms with Crippen LogP contribution in [-0.4, -0.2) is 43.0 Å². The quantitative estimate of drug-likeness (QED) is 0.0939. The van der Waals surface area contributed by atoms with Crippen molar-refractivity contribution in [2.24, 2.45) is 5.11 Å². The Morgan fingerprint density at radius 1 is 1.06 bits per heavy atom. The fourth-order valence-electron chi connectivity index (χ4n) is 4.20. The maximum atomic E-state index is 12.0. The lowest BCUT2D eigenvalue weighted by molar-refractivity contribution is -0.224. The van der Waals surface area contributed by atoms with Gasteiger partial charge in [0.25, 0.3) is 0 Å². The second-order valence-corrected chi connectivity index (χ2v) is 8.46. The van der Waals surface area contributed by atoms with Gasteiger partial charge in [0, 0.05) is 11.8 Å². The highest BCUT2D eigenvalue weighted by molar-refractivity contribution is 5.66. The van der Waals surface area contributed by atoms with Gasteiger partial charge in [-0.1, -0.05) is 71.9 Å². The van der Waals surface area contributed by atoms with Gasteiger partial charge in [0.05, 0.1) is 32.0 Å². The summed E-state index contributed by atoms with van der Waals surface area (Å²) in [4.78, 5) is 15.1. The van der Waals surface area contributed by atoms with Crippen LogP contribution < -0.4 is 0 Å². The summed E-state index contributed by atoms with van der Waals surface area (Å²) in [6.45, 7) is 5.98. The summed E-state index contributed by atoms with van der Waals surface area (Å²) < 4.78 is 24.3. The van der Waals surface area contributed by atoms with Crippen LogP contribution >= 0.6 is 0 Å². The van der Waals surface area contributed by atoms with E-state index in [9.17, 15) is 10.3 Å². The molecule has 3 rings (SSSR count). The zero-order chi connectivity index (χ0) is 24.9. The Kier molecular flexibility index (Phi) is 10.8. The first-order valence-corrected chi connectivity index (χ1v) is 11.9. The molecule has 1 aliphatic heterocycles. The molecule has 1 fully saturated rings. The molecule has 0 N–H and O–H groups in total. The van der Waals surface area contributed by atoms with E-state index < -0.39 is 36.4 Å². The van der Waals surface area contributed by atoms with Gasteiger partial charge in [0.2, 0.25) is 0 Å². The minimum atomic E-state index is -0.793. The molecule has 186 valence electrons. The van der Waals surface area contributed by atoms with Crippen molar-refractivity contribution < 1.29 is 23.7 Å². The third kappa shape index (κ3) is 8.23. The number of unbranched alkanes of at least 4 members (excludes halogenated alkanes) is 1. The number of rotatable bonds is 13. The number of azide groups is 1. The first-order chi connectivity index (χ1) is 17.1. The Hall–Kier alpha value is -3.16. The van der Waals surface area contributed by atoms with Crippen LogP contribution in [0.5, 0.6) is 0 Å². The molecule has 0 bridgehead atoms. The van der Waals surface area contributed by atoms with Crippen molar-refractivity contribution in [2.75, 3.05) is 6.61 Å². The fourth-order valence-corrected chi connectivity index (χ4v) is 4.20. The van der Waals surface area contributed by atoms with Crippen LogP contribution in [0, 0.1) is 0 Å². The molecular weight excluding hydrogens is 446 g/mol. The average Bonchev–Trinajstić information content (AvgIpc) is 2.87. The fraction of sp³-hybridized carbons (Fsp3) is 0.444. The van der Waals surface area contributed by atoms with E-state index in [0.29, 0.717) is 13.0 Å². The number of hydrogen-bond acceptors (Lipinski definition) is 6. The third-order valence-corrected chi connectivity index (χ3v) is 5.82. The van der Waals surface area contributed by atoms with Gasteiger partial charge in [-0.3, -0.25) is 4.79 Å². The van der Waals surface area contributed by atoms with Gasteiger partial charge in [0.1, 0.15) is 12.2 Å². The Morgan fingerprint density at radius 2 is 1.71 bits per heavy atom. The number of carbonyl (C=O) groups excluding carboxylic acids is 1. The molecule has 35 heavy (non-hydrogen) atoms. The monoisotopic (exact) mass is 479 g/mol. The molecule has 0 radical (unpaired) electrons. The molecule has 0 unspecified atom stereocenters. The minimum Gasteiger partial charge on any atom is -0.457 e. The van der Waals surface area contributed by atoms with Crippen molar-refractivity contribution in [1.82, 2.24) is 0 Å². The molecule has 2 aromatic carbocycles. The van der Waals surface area contributed by atoms with Gasteiger partial charge in [-0.15, -0.1) is 6.58 Å². The second kappa shape index (κ2) is 14.3. The van der Waals surface area contributed by atoms with Crippen LogP contribution in [0.25, 0.3) is 10.4 Å². The Balaban J connectivity index is 1.83. The topological polar surface area (TPSA) is 103 Å². The molecule has 0 aromatic heterocycles. The molecule has 1 saturated heterocycles. The molecule has 0 aliphatic carbocycles. The van der Waals surface area contributed by atoms with Crippen LogP contribution in [0.4, 0.5) is 0 Å². The smallest absolute Gasteiger partial charge is 0.303 e. The van der Waals surface area contributed by atoms with Gasteiger partial charge in [-0.2, -0.15) is 0 Å². The number of esters is 1. The summed E-state index contributed by atoms with van der Waals surface area (Å²) in [5, 5.41) is 4.03. The maximum absolute atomic E-state index is 12.0. The highest BCUT2D eigenvalue weighted by Crippen LogP contribution is 2.32. The minimum absolute atomic E-state index is 0.193. The van der Waals surface area contributed by atoms with Crippen LogP contribution in [0.15, 0.2) is 78.4 Å². The first kappa shape index (κ1) is 26.4. The summed E-state index contributed by atoms with van der Waals surface area (Å²) in [6, 6.07) is 18.8. The molecule has 0 saturated carbocycles. The van der Waals surface area contributed by atoms with Crippen LogP contribution in [0.3, 0.4) is 0 Å². The number of ether oxygens (including phenoxy) is 4. The number of hydrogen-bond donors (Lipinski definition) is 0. The molecule has 0 amide bonds. The zero-order valence-corrected chi connectivity index (χ0v) is 20.1. The lowest BCUT2D eigenvalue weighted by Gasteiger charge is -2.44. The van der Waals surface area contributed by atoms with Crippen molar-refractivity contribution in [3.63, 3.8) is 0 Å². The standard InChI is InChI=1S/C27H33N3O5/c1-3-4-7-16-23-25(29-30-28)27(33-18-22-14-10-6-11-15-22)26(34-20(2)31)24(35-23)19-32-17-21-12-8-5-9-13-21/h3,5-6,8-15,23-27H,1,4,7,16-19H2,2H3/t23-,24+,25-,26+,27+/m0/s1. The largest absolute Gasteiger partial charge is 0.457 e. The molecule has 1 heterocycles. The van der Waals surface area contributed by atoms with E-state index in [1.165, 1.54) is 6.92 Å². The summed E-state index contributed by atoms with van der Waals surface area (Å²) in [6.07, 6.45) is 1.63. The van der Waals surface area contributed by atoms with E-state index in [1.807, 2.05) is 66.7 Å². The van der Waals surface area contributed by atoms with Crippen molar-refractivity contribution in [1.29, 1.82) is 0 Å². The van der Waals surface area contributed by atoms with Crippen LogP contribution in [-0.2, 0) is 37.0 Å². The highest BCUT2D eigenvalue weighted by atomic mass is 16.6. The zero-order valence-electron chi connectivity index (χ0n) is 20.1. The molecule has 8 nitrogen and oxygen atoms in total. The predicted octanol–water partition coefficient (Wildman–Crippen LogP) is 5.52. The van der Waals surface area contributed by atoms with Crippen molar-refractivity contribution in [3.8, 4) is 0 Å². The van der Waals surface area contributed by atoms with Crippen molar-refractivity contribution in [3.05, 3.63) is 94.9 Å². The molecule has 0 spiro atoms. The predicted molar refractivity (Wildman–Crippen MR) is 132 cm³/mol. The molecule has 2 aromatic rings. The van der Waals surface area contributed by atoms with E-state index in [2.05, 4.69) is 16.6 Å². The molecule has 5 atom stereocenters. The van der Waals surface area contributed by atoms with Gasteiger partial charge >= 0.3 is 5.97 Å². The van der Waals surface area contributed by atoms with Gasteiger partial charge in [-0.05, 0) is 35.9 Å². The van der Waals surface area contributed by atoms with Crippen molar-refractivity contribution in [2.45, 2.75) is 69.9 Å². The average molecular weight is 480 g/mol. The third-order valence-electron chi connectivity index (χ3n) is 5.82. The van der Waals surface area contributed by atoms with E-state index in [1.54, 1.807) is 0 Å². The molecular formula is C27H33N3O5.